The van der Waals surface area contributed by atoms with Crippen molar-refractivity contribution in [2.45, 2.75) is 0 Å². The second kappa shape index (κ2) is 4.61. The summed E-state index contributed by atoms with van der Waals surface area (Å²) in [6.45, 7) is 0.878. The molecule has 2 heterocycles. The summed E-state index contributed by atoms with van der Waals surface area (Å²) >= 11 is 0. The topological polar surface area (TPSA) is 100 Å². The van der Waals surface area contributed by atoms with Crippen LogP contribution in [0.3, 0.4) is 0 Å². The van der Waals surface area contributed by atoms with Crippen molar-refractivity contribution in [3.63, 3.8) is 0 Å². The van der Waals surface area contributed by atoms with E-state index in [4.69, 9.17) is 5.26 Å². The van der Waals surface area contributed by atoms with E-state index in [1.54, 1.807) is 4.90 Å². The Hall–Kier alpha value is -2.56. The number of nitrogens with zero attached hydrogens (tertiary/aromatic N) is 4. The maximum atomic E-state index is 11.9. The lowest BCUT2D eigenvalue weighted by Crippen LogP contribution is -2.51. The molecular weight excluding hydrogens is 250 g/mol. The molecule has 0 bridgehead atoms. The van der Waals surface area contributed by atoms with Crippen molar-refractivity contribution in [2.75, 3.05) is 24.5 Å². The zero-order chi connectivity index (χ0) is 14.2. The molecule has 1 N–H and O–H groups in total. The maximum absolute atomic E-state index is 11.9. The minimum Gasteiger partial charge on any atom is -0.353 e. The average molecular weight is 263 g/mol. The third-order valence-corrected chi connectivity index (χ3v) is 3.08. The highest BCUT2D eigenvalue weighted by molar-refractivity contribution is 5.82. The molecule has 1 amide bonds. The molecule has 0 spiro atoms. The third kappa shape index (κ3) is 1.99. The fourth-order valence-electron chi connectivity index (χ4n) is 2.12. The average Bonchev–Trinajstić information content (AvgIpc) is 2.40. The van der Waals surface area contributed by atoms with Gasteiger partial charge in [0.2, 0.25) is 5.91 Å². The van der Waals surface area contributed by atoms with Gasteiger partial charge in [-0.2, -0.15) is 5.26 Å². The van der Waals surface area contributed by atoms with Crippen LogP contribution < -0.4 is 21.5 Å². The number of anilines is 1. The molecule has 19 heavy (non-hydrogen) atoms. The van der Waals surface area contributed by atoms with Gasteiger partial charge in [0.05, 0.1) is 6.54 Å². The van der Waals surface area contributed by atoms with Crippen LogP contribution in [0.4, 0.5) is 5.82 Å². The number of carbonyl (C=O) groups excluding carboxylic acids is 1. The van der Waals surface area contributed by atoms with E-state index in [1.165, 1.54) is 18.7 Å². The van der Waals surface area contributed by atoms with Crippen molar-refractivity contribution < 1.29 is 4.79 Å². The second-order valence-electron chi connectivity index (χ2n) is 4.29. The number of carbonyl (C=O) groups is 1. The summed E-state index contributed by atoms with van der Waals surface area (Å²) in [5.41, 5.74) is -1.30. The first-order chi connectivity index (χ1) is 8.97. The van der Waals surface area contributed by atoms with Crippen molar-refractivity contribution in [1.29, 1.82) is 5.26 Å². The summed E-state index contributed by atoms with van der Waals surface area (Å²) in [6.07, 6.45) is 0. The fraction of sp³-hybridized carbons (Fsp3) is 0.455. The van der Waals surface area contributed by atoms with E-state index in [1.807, 2.05) is 6.07 Å². The van der Waals surface area contributed by atoms with Crippen molar-refractivity contribution in [3.8, 4) is 6.07 Å². The van der Waals surface area contributed by atoms with E-state index in [-0.39, 0.29) is 23.8 Å². The molecule has 8 heteroatoms. The van der Waals surface area contributed by atoms with Crippen molar-refractivity contribution in [2.24, 2.45) is 14.1 Å². The van der Waals surface area contributed by atoms with Gasteiger partial charge in [0.25, 0.3) is 5.56 Å². The lowest BCUT2D eigenvalue weighted by molar-refractivity contribution is -0.120. The summed E-state index contributed by atoms with van der Waals surface area (Å²) < 4.78 is 2.10. The molecule has 0 saturated carbocycles. The van der Waals surface area contributed by atoms with Crippen LogP contribution in [0, 0.1) is 11.3 Å². The second-order valence-corrected chi connectivity index (χ2v) is 4.29. The van der Waals surface area contributed by atoms with Crippen molar-refractivity contribution >= 4 is 11.7 Å². The molecule has 0 aliphatic carbocycles. The van der Waals surface area contributed by atoms with Crippen LogP contribution in [-0.2, 0) is 18.9 Å². The molecular formula is C11H13N5O3. The highest BCUT2D eigenvalue weighted by Crippen LogP contribution is 2.14. The van der Waals surface area contributed by atoms with Crippen LogP contribution in [0.25, 0.3) is 0 Å². The smallest absolute Gasteiger partial charge is 0.332 e. The third-order valence-electron chi connectivity index (χ3n) is 3.08. The lowest BCUT2D eigenvalue weighted by Gasteiger charge is -2.30. The Kier molecular flexibility index (Phi) is 3.12. The van der Waals surface area contributed by atoms with E-state index in [0.29, 0.717) is 13.1 Å². The first kappa shape index (κ1) is 12.9. The highest BCUT2D eigenvalue weighted by Gasteiger charge is 2.24. The zero-order valence-electron chi connectivity index (χ0n) is 10.6. The predicted octanol–water partition coefficient (Wildman–Crippen LogP) is -2.11. The molecule has 8 nitrogen and oxygen atoms in total. The molecule has 1 fully saturated rings. The van der Waals surface area contributed by atoms with Crippen LogP contribution >= 0.6 is 0 Å². The van der Waals surface area contributed by atoms with Gasteiger partial charge in [-0.15, -0.1) is 0 Å². The van der Waals surface area contributed by atoms with Gasteiger partial charge in [-0.3, -0.25) is 18.7 Å². The zero-order valence-corrected chi connectivity index (χ0v) is 10.6. The van der Waals surface area contributed by atoms with E-state index in [2.05, 4.69) is 5.32 Å². The Morgan fingerprint density at radius 2 is 1.89 bits per heavy atom. The Bertz CT molecular complexity index is 694. The number of nitrogens with one attached hydrogen (secondary N) is 1. The maximum Gasteiger partial charge on any atom is 0.332 e. The van der Waals surface area contributed by atoms with Gasteiger partial charge in [-0.25, -0.2) is 4.79 Å². The van der Waals surface area contributed by atoms with Gasteiger partial charge in [-0.05, 0) is 0 Å². The summed E-state index contributed by atoms with van der Waals surface area (Å²) in [5, 5.41) is 11.8. The molecule has 0 atom stereocenters. The van der Waals surface area contributed by atoms with Crippen molar-refractivity contribution in [1.82, 2.24) is 14.5 Å². The summed E-state index contributed by atoms with van der Waals surface area (Å²) in [6, 6.07) is 1.82. The van der Waals surface area contributed by atoms with Gasteiger partial charge in [0, 0.05) is 27.2 Å². The monoisotopic (exact) mass is 263 g/mol. The standard InChI is InChI=1S/C11H13N5O3/c1-14-9(16-4-3-13-8(17)6-16)7(5-12)10(18)15(2)11(14)19/h3-4,6H2,1-2H3,(H,13,17). The first-order valence-corrected chi connectivity index (χ1v) is 5.69. The minimum atomic E-state index is -0.647. The largest absolute Gasteiger partial charge is 0.353 e. The lowest BCUT2D eigenvalue weighted by atomic mass is 10.2. The van der Waals surface area contributed by atoms with Gasteiger partial charge < -0.3 is 10.2 Å². The number of hydrogen-bond donors (Lipinski definition) is 1. The molecule has 1 saturated heterocycles. The first-order valence-electron chi connectivity index (χ1n) is 5.69. The van der Waals surface area contributed by atoms with Gasteiger partial charge in [-0.1, -0.05) is 0 Å². The molecule has 0 aromatic carbocycles. The van der Waals surface area contributed by atoms with Gasteiger partial charge in [0.1, 0.15) is 11.9 Å². The van der Waals surface area contributed by atoms with Crippen molar-refractivity contribution in [3.05, 3.63) is 26.4 Å². The molecule has 1 aromatic heterocycles. The Morgan fingerprint density at radius 1 is 1.21 bits per heavy atom. The van der Waals surface area contributed by atoms with E-state index in [0.717, 1.165) is 4.57 Å². The Balaban J connectivity index is 2.69. The molecule has 1 aromatic rings. The van der Waals surface area contributed by atoms with Gasteiger partial charge >= 0.3 is 5.69 Å². The van der Waals surface area contributed by atoms with Gasteiger partial charge in [0.15, 0.2) is 5.56 Å². The summed E-state index contributed by atoms with van der Waals surface area (Å²) in [5.74, 6) is -0.00582. The Morgan fingerprint density at radius 3 is 2.47 bits per heavy atom. The summed E-state index contributed by atoms with van der Waals surface area (Å²) in [7, 11) is 2.79. The predicted molar refractivity (Wildman–Crippen MR) is 66.9 cm³/mol. The molecule has 0 radical (unpaired) electrons. The number of hydrogen-bond acceptors (Lipinski definition) is 5. The molecule has 0 unspecified atom stereocenters. The van der Waals surface area contributed by atoms with E-state index >= 15 is 0 Å². The summed E-state index contributed by atoms with van der Waals surface area (Å²) in [4.78, 5) is 36.8. The SMILES string of the molecule is Cn1c(N2CCNC(=O)C2)c(C#N)c(=O)n(C)c1=O. The number of piperazine rings is 1. The van der Waals surface area contributed by atoms with Crippen LogP contribution in [0.1, 0.15) is 5.56 Å². The van der Waals surface area contributed by atoms with E-state index in [9.17, 15) is 14.4 Å². The fourth-order valence-corrected chi connectivity index (χ4v) is 2.12. The van der Waals surface area contributed by atoms with Crippen LogP contribution in [0.5, 0.6) is 0 Å². The number of rotatable bonds is 1. The molecule has 2 rings (SSSR count). The van der Waals surface area contributed by atoms with Crippen LogP contribution in [-0.4, -0.2) is 34.7 Å². The number of amides is 1. The Labute approximate surface area is 108 Å². The van der Waals surface area contributed by atoms with Crippen LogP contribution in [0.15, 0.2) is 9.59 Å². The number of nitriles is 1. The minimum absolute atomic E-state index is 0.0229. The molecule has 1 aliphatic rings. The molecule has 100 valence electrons. The normalized spacial score (nSPS) is 15.0. The van der Waals surface area contributed by atoms with E-state index < -0.39 is 11.2 Å². The number of aromatic nitrogens is 2. The highest BCUT2D eigenvalue weighted by atomic mass is 16.2. The van der Waals surface area contributed by atoms with Crippen LogP contribution in [0.2, 0.25) is 0 Å². The quantitative estimate of drug-likeness (QED) is 0.625. The molecule has 1 aliphatic heterocycles.